The fourth-order valence-corrected chi connectivity index (χ4v) is 1.91. The second-order valence-corrected chi connectivity index (χ2v) is 4.27. The molecular formula is C11H19N3O2. The van der Waals surface area contributed by atoms with Gasteiger partial charge in [0.05, 0.1) is 19.3 Å². The first-order chi connectivity index (χ1) is 7.78. The van der Waals surface area contributed by atoms with Crippen molar-refractivity contribution in [2.45, 2.75) is 39.3 Å². The molecule has 0 N–H and O–H groups in total. The Morgan fingerprint density at radius 2 is 2.38 bits per heavy atom. The predicted molar refractivity (Wildman–Crippen MR) is 59.0 cm³/mol. The van der Waals surface area contributed by atoms with Gasteiger partial charge in [0.2, 0.25) is 5.89 Å². The number of hydrogen-bond acceptors (Lipinski definition) is 5. The lowest BCUT2D eigenvalue weighted by atomic mass is 10.3. The van der Waals surface area contributed by atoms with Gasteiger partial charge in [0.1, 0.15) is 0 Å². The Morgan fingerprint density at radius 3 is 3.12 bits per heavy atom. The third kappa shape index (κ3) is 3.02. The average Bonchev–Trinajstić information content (AvgIpc) is 2.66. The molecule has 1 aromatic rings. The molecule has 90 valence electrons. The zero-order valence-corrected chi connectivity index (χ0v) is 9.98. The van der Waals surface area contributed by atoms with E-state index in [2.05, 4.69) is 28.9 Å². The van der Waals surface area contributed by atoms with Crippen LogP contribution in [-0.4, -0.2) is 40.8 Å². The number of ether oxygens (including phenoxy) is 1. The van der Waals surface area contributed by atoms with E-state index in [-0.39, 0.29) is 0 Å². The summed E-state index contributed by atoms with van der Waals surface area (Å²) in [5.74, 6) is 1.54. The number of rotatable bonds is 4. The Balaban J connectivity index is 1.87. The summed E-state index contributed by atoms with van der Waals surface area (Å²) in [6, 6.07) is 0. The van der Waals surface area contributed by atoms with Gasteiger partial charge in [-0.1, -0.05) is 12.1 Å². The largest absolute Gasteiger partial charge is 0.376 e. The van der Waals surface area contributed by atoms with Gasteiger partial charge in [-0.2, -0.15) is 4.98 Å². The third-order valence-corrected chi connectivity index (χ3v) is 2.67. The molecule has 16 heavy (non-hydrogen) atoms. The first kappa shape index (κ1) is 11.5. The van der Waals surface area contributed by atoms with Gasteiger partial charge in [-0.3, -0.25) is 4.90 Å². The molecule has 5 heteroatoms. The first-order valence-electron chi connectivity index (χ1n) is 5.93. The minimum atomic E-state index is 0.298. The standard InChI is InChI=1S/C11H19N3O2/c1-3-4-10-12-11(16-13-10)8-14-5-6-15-9(2)7-14/h9H,3-8H2,1-2H3/t9-/m0/s1. The van der Waals surface area contributed by atoms with E-state index in [0.29, 0.717) is 6.10 Å². The monoisotopic (exact) mass is 225 g/mol. The van der Waals surface area contributed by atoms with Crippen molar-refractivity contribution >= 4 is 0 Å². The molecule has 0 unspecified atom stereocenters. The zero-order chi connectivity index (χ0) is 11.4. The first-order valence-corrected chi connectivity index (χ1v) is 5.93. The molecule has 1 saturated heterocycles. The molecule has 2 heterocycles. The van der Waals surface area contributed by atoms with E-state index in [1.165, 1.54) is 0 Å². The fraction of sp³-hybridized carbons (Fsp3) is 0.818. The summed E-state index contributed by atoms with van der Waals surface area (Å²) in [6.45, 7) is 7.60. The minimum absolute atomic E-state index is 0.298. The molecule has 1 aliphatic rings. The Hall–Kier alpha value is -0.940. The Kier molecular flexibility index (Phi) is 3.90. The lowest BCUT2D eigenvalue weighted by Crippen LogP contribution is -2.40. The summed E-state index contributed by atoms with van der Waals surface area (Å²) in [6.07, 6.45) is 2.24. The SMILES string of the molecule is CCCc1noc(CN2CCO[C@@H](C)C2)n1. The van der Waals surface area contributed by atoms with E-state index in [4.69, 9.17) is 9.26 Å². The van der Waals surface area contributed by atoms with Crippen LogP contribution in [0.2, 0.25) is 0 Å². The smallest absolute Gasteiger partial charge is 0.240 e. The molecule has 1 atom stereocenters. The molecule has 0 bridgehead atoms. The topological polar surface area (TPSA) is 51.4 Å². The van der Waals surface area contributed by atoms with Gasteiger partial charge in [-0.05, 0) is 13.3 Å². The summed E-state index contributed by atoms with van der Waals surface area (Å²) in [5, 5.41) is 3.95. The van der Waals surface area contributed by atoms with Crippen molar-refractivity contribution < 1.29 is 9.26 Å². The second-order valence-electron chi connectivity index (χ2n) is 4.27. The number of nitrogens with zero attached hydrogens (tertiary/aromatic N) is 3. The Labute approximate surface area is 95.8 Å². The summed E-state index contributed by atoms with van der Waals surface area (Å²) < 4.78 is 10.7. The van der Waals surface area contributed by atoms with E-state index in [0.717, 1.165) is 50.8 Å². The maximum absolute atomic E-state index is 5.48. The molecule has 0 aromatic carbocycles. The van der Waals surface area contributed by atoms with Crippen LogP contribution in [-0.2, 0) is 17.7 Å². The van der Waals surface area contributed by atoms with Gasteiger partial charge in [0, 0.05) is 19.5 Å². The highest BCUT2D eigenvalue weighted by Gasteiger charge is 2.18. The number of hydrogen-bond donors (Lipinski definition) is 0. The van der Waals surface area contributed by atoms with Crippen LogP contribution >= 0.6 is 0 Å². The lowest BCUT2D eigenvalue weighted by Gasteiger charge is -2.29. The molecule has 2 rings (SSSR count). The zero-order valence-electron chi connectivity index (χ0n) is 9.98. The highest BCUT2D eigenvalue weighted by molar-refractivity contribution is 4.87. The molecule has 0 radical (unpaired) electrons. The predicted octanol–water partition coefficient (Wildman–Crippen LogP) is 1.24. The van der Waals surface area contributed by atoms with Crippen LogP contribution in [0.5, 0.6) is 0 Å². The van der Waals surface area contributed by atoms with Crippen molar-refractivity contribution in [1.29, 1.82) is 0 Å². The normalized spacial score (nSPS) is 22.5. The summed E-state index contributed by atoms with van der Waals surface area (Å²) in [5.41, 5.74) is 0. The van der Waals surface area contributed by atoms with Gasteiger partial charge in [0.15, 0.2) is 5.82 Å². The molecule has 0 amide bonds. The van der Waals surface area contributed by atoms with Gasteiger partial charge in [-0.15, -0.1) is 0 Å². The van der Waals surface area contributed by atoms with Crippen molar-refractivity contribution in [3.05, 3.63) is 11.7 Å². The number of morpholine rings is 1. The third-order valence-electron chi connectivity index (χ3n) is 2.67. The van der Waals surface area contributed by atoms with E-state index in [1.54, 1.807) is 0 Å². The van der Waals surface area contributed by atoms with Crippen LogP contribution in [0.25, 0.3) is 0 Å². The Morgan fingerprint density at radius 1 is 1.50 bits per heavy atom. The van der Waals surface area contributed by atoms with Gasteiger partial charge in [0.25, 0.3) is 0 Å². The Bertz CT molecular complexity index is 327. The van der Waals surface area contributed by atoms with Gasteiger partial charge in [-0.25, -0.2) is 0 Å². The van der Waals surface area contributed by atoms with Gasteiger partial charge < -0.3 is 9.26 Å². The summed E-state index contributed by atoms with van der Waals surface area (Å²) >= 11 is 0. The molecule has 1 aromatic heterocycles. The van der Waals surface area contributed by atoms with Crippen LogP contribution in [0.15, 0.2) is 4.52 Å². The maximum atomic E-state index is 5.48. The molecular weight excluding hydrogens is 206 g/mol. The van der Waals surface area contributed by atoms with Crippen LogP contribution in [0.3, 0.4) is 0 Å². The van der Waals surface area contributed by atoms with Gasteiger partial charge >= 0.3 is 0 Å². The fourth-order valence-electron chi connectivity index (χ4n) is 1.91. The van der Waals surface area contributed by atoms with Crippen molar-refractivity contribution in [3.63, 3.8) is 0 Å². The van der Waals surface area contributed by atoms with E-state index in [1.807, 2.05) is 0 Å². The quantitative estimate of drug-likeness (QED) is 0.771. The molecule has 5 nitrogen and oxygen atoms in total. The molecule has 0 aliphatic carbocycles. The van der Waals surface area contributed by atoms with Crippen LogP contribution in [0.1, 0.15) is 32.0 Å². The molecule has 1 aliphatic heterocycles. The van der Waals surface area contributed by atoms with Crippen molar-refractivity contribution in [3.8, 4) is 0 Å². The lowest BCUT2D eigenvalue weighted by molar-refractivity contribution is -0.0240. The number of aromatic nitrogens is 2. The summed E-state index contributed by atoms with van der Waals surface area (Å²) in [4.78, 5) is 6.65. The van der Waals surface area contributed by atoms with Crippen LogP contribution in [0.4, 0.5) is 0 Å². The van der Waals surface area contributed by atoms with Crippen molar-refractivity contribution in [2.75, 3.05) is 19.7 Å². The van der Waals surface area contributed by atoms with E-state index >= 15 is 0 Å². The van der Waals surface area contributed by atoms with Crippen molar-refractivity contribution in [1.82, 2.24) is 15.0 Å². The second kappa shape index (κ2) is 5.41. The number of aryl methyl sites for hydroxylation is 1. The molecule has 1 fully saturated rings. The highest BCUT2D eigenvalue weighted by atomic mass is 16.5. The van der Waals surface area contributed by atoms with E-state index in [9.17, 15) is 0 Å². The minimum Gasteiger partial charge on any atom is -0.376 e. The molecule has 0 spiro atoms. The van der Waals surface area contributed by atoms with E-state index < -0.39 is 0 Å². The van der Waals surface area contributed by atoms with Crippen LogP contribution < -0.4 is 0 Å². The van der Waals surface area contributed by atoms with Crippen molar-refractivity contribution in [2.24, 2.45) is 0 Å². The van der Waals surface area contributed by atoms with Crippen LogP contribution in [0, 0.1) is 0 Å². The summed E-state index contributed by atoms with van der Waals surface area (Å²) in [7, 11) is 0. The maximum Gasteiger partial charge on any atom is 0.240 e. The highest BCUT2D eigenvalue weighted by Crippen LogP contribution is 2.09. The average molecular weight is 225 g/mol. The molecule has 0 saturated carbocycles.